The van der Waals surface area contributed by atoms with Crippen LogP contribution in [-0.4, -0.2) is 60.4 Å². The van der Waals surface area contributed by atoms with Crippen LogP contribution in [0.15, 0.2) is 28.8 Å². The van der Waals surface area contributed by atoms with Gasteiger partial charge in [-0.1, -0.05) is 5.16 Å². The van der Waals surface area contributed by atoms with Crippen molar-refractivity contribution in [2.45, 2.75) is 12.3 Å². The molecule has 1 fully saturated rings. The molecule has 1 aliphatic rings. The molecule has 134 valence electrons. The van der Waals surface area contributed by atoms with Crippen LogP contribution >= 0.6 is 11.8 Å². The summed E-state index contributed by atoms with van der Waals surface area (Å²) in [6, 6.07) is 7.72. The zero-order valence-corrected chi connectivity index (χ0v) is 15.4. The van der Waals surface area contributed by atoms with Crippen molar-refractivity contribution in [3.63, 3.8) is 0 Å². The van der Waals surface area contributed by atoms with E-state index in [2.05, 4.69) is 32.3 Å². The lowest BCUT2D eigenvalue weighted by molar-refractivity contribution is 0.0946. The molecule has 1 amide bonds. The maximum atomic E-state index is 12.3. The number of nitrogens with one attached hydrogen (secondary N) is 1. The molecule has 2 aromatic rings. The molecule has 25 heavy (non-hydrogen) atoms. The molecular formula is C17H23N5O2S. The molecule has 1 aliphatic heterocycles. The standard InChI is InChI=1S/C17H23N5O2S/c1-21-7-9-22(10-8-21)14-5-3-13(4-6-14)17(23)18-11-16-19-15(12-25-2)20-24-16/h3-6H,7-12H2,1-2H3,(H,18,23). The Morgan fingerprint density at radius 1 is 1.24 bits per heavy atom. The Bertz CT molecular complexity index is 695. The molecule has 0 aliphatic carbocycles. The summed E-state index contributed by atoms with van der Waals surface area (Å²) in [4.78, 5) is 21.1. The van der Waals surface area contributed by atoms with Crippen molar-refractivity contribution in [3.8, 4) is 0 Å². The summed E-state index contributed by atoms with van der Waals surface area (Å²) in [6.07, 6.45) is 1.98. The Morgan fingerprint density at radius 3 is 2.64 bits per heavy atom. The highest BCUT2D eigenvalue weighted by atomic mass is 32.2. The maximum Gasteiger partial charge on any atom is 0.251 e. The zero-order chi connectivity index (χ0) is 17.6. The third-order valence-electron chi connectivity index (χ3n) is 4.18. The summed E-state index contributed by atoms with van der Waals surface area (Å²) in [5, 5.41) is 6.67. The van der Waals surface area contributed by atoms with Gasteiger partial charge < -0.3 is 19.6 Å². The molecular weight excluding hydrogens is 338 g/mol. The summed E-state index contributed by atoms with van der Waals surface area (Å²) in [7, 11) is 2.14. The summed E-state index contributed by atoms with van der Waals surface area (Å²) in [6.45, 7) is 4.38. The largest absolute Gasteiger partial charge is 0.369 e. The van der Waals surface area contributed by atoms with E-state index in [9.17, 15) is 4.79 Å². The van der Waals surface area contributed by atoms with Crippen LogP contribution in [-0.2, 0) is 12.3 Å². The van der Waals surface area contributed by atoms with E-state index < -0.39 is 0 Å². The number of hydrogen-bond donors (Lipinski definition) is 1. The van der Waals surface area contributed by atoms with Crippen molar-refractivity contribution < 1.29 is 9.32 Å². The second-order valence-electron chi connectivity index (χ2n) is 6.06. The number of hydrogen-bond acceptors (Lipinski definition) is 7. The Kier molecular flexibility index (Phi) is 5.93. The number of aromatic nitrogens is 2. The molecule has 8 heteroatoms. The number of rotatable bonds is 6. The second kappa shape index (κ2) is 8.35. The highest BCUT2D eigenvalue weighted by Gasteiger charge is 2.15. The van der Waals surface area contributed by atoms with Gasteiger partial charge in [0.1, 0.15) is 0 Å². The molecule has 7 nitrogen and oxygen atoms in total. The van der Waals surface area contributed by atoms with E-state index in [0.29, 0.717) is 23.0 Å². The van der Waals surface area contributed by atoms with E-state index in [4.69, 9.17) is 4.52 Å². The fourth-order valence-corrected chi connectivity index (χ4v) is 3.07. The van der Waals surface area contributed by atoms with Gasteiger partial charge in [-0.15, -0.1) is 0 Å². The lowest BCUT2D eigenvalue weighted by Crippen LogP contribution is -2.44. The molecule has 1 aromatic carbocycles. The lowest BCUT2D eigenvalue weighted by atomic mass is 10.1. The van der Waals surface area contributed by atoms with E-state index >= 15 is 0 Å². The third-order valence-corrected chi connectivity index (χ3v) is 4.73. The predicted molar refractivity (Wildman–Crippen MR) is 98.8 cm³/mol. The molecule has 2 heterocycles. The predicted octanol–water partition coefficient (Wildman–Crippen LogP) is 1.61. The lowest BCUT2D eigenvalue weighted by Gasteiger charge is -2.34. The highest BCUT2D eigenvalue weighted by Crippen LogP contribution is 2.17. The van der Waals surface area contributed by atoms with Gasteiger partial charge in [-0.3, -0.25) is 4.79 Å². The van der Waals surface area contributed by atoms with Crippen molar-refractivity contribution in [2.75, 3.05) is 44.4 Å². The van der Waals surface area contributed by atoms with Gasteiger partial charge in [-0.25, -0.2) is 0 Å². The Balaban J connectivity index is 1.53. The van der Waals surface area contributed by atoms with E-state index in [1.807, 2.05) is 30.5 Å². The van der Waals surface area contributed by atoms with Gasteiger partial charge in [0.15, 0.2) is 5.82 Å². The number of carbonyl (C=O) groups is 1. The van der Waals surface area contributed by atoms with E-state index in [-0.39, 0.29) is 12.5 Å². The number of likely N-dealkylation sites (N-methyl/N-ethyl adjacent to an activating group) is 1. The summed E-state index contributed by atoms with van der Waals surface area (Å²) >= 11 is 1.62. The molecule has 0 atom stereocenters. The molecule has 0 radical (unpaired) electrons. The quantitative estimate of drug-likeness (QED) is 0.838. The van der Waals surface area contributed by atoms with Crippen LogP contribution in [0.2, 0.25) is 0 Å². The van der Waals surface area contributed by atoms with E-state index in [1.54, 1.807) is 11.8 Å². The number of carbonyl (C=O) groups excluding carboxylic acids is 1. The van der Waals surface area contributed by atoms with Crippen molar-refractivity contribution in [2.24, 2.45) is 0 Å². The van der Waals surface area contributed by atoms with Gasteiger partial charge in [0.2, 0.25) is 5.89 Å². The van der Waals surface area contributed by atoms with E-state index in [0.717, 1.165) is 31.9 Å². The number of nitrogens with zero attached hydrogens (tertiary/aromatic N) is 4. The monoisotopic (exact) mass is 361 g/mol. The number of benzene rings is 1. The smallest absolute Gasteiger partial charge is 0.251 e. The maximum absolute atomic E-state index is 12.3. The minimum Gasteiger partial charge on any atom is -0.369 e. The first-order valence-electron chi connectivity index (χ1n) is 8.28. The molecule has 0 saturated carbocycles. The number of piperazine rings is 1. The van der Waals surface area contributed by atoms with Gasteiger partial charge in [0, 0.05) is 37.4 Å². The van der Waals surface area contributed by atoms with Gasteiger partial charge >= 0.3 is 0 Å². The normalized spacial score (nSPS) is 15.4. The first-order valence-corrected chi connectivity index (χ1v) is 9.67. The molecule has 0 bridgehead atoms. The molecule has 0 spiro atoms. The molecule has 3 rings (SSSR count). The van der Waals surface area contributed by atoms with E-state index in [1.165, 1.54) is 0 Å². The van der Waals surface area contributed by atoms with Crippen LogP contribution in [0, 0.1) is 0 Å². The summed E-state index contributed by atoms with van der Waals surface area (Å²) in [5.41, 5.74) is 1.78. The summed E-state index contributed by atoms with van der Waals surface area (Å²) < 4.78 is 5.11. The first kappa shape index (κ1) is 17.8. The van der Waals surface area contributed by atoms with Gasteiger partial charge in [-0.2, -0.15) is 16.7 Å². The van der Waals surface area contributed by atoms with Gasteiger partial charge in [0.25, 0.3) is 5.91 Å². The van der Waals surface area contributed by atoms with Crippen molar-refractivity contribution in [1.29, 1.82) is 0 Å². The van der Waals surface area contributed by atoms with Crippen LogP contribution in [0.1, 0.15) is 22.1 Å². The third kappa shape index (κ3) is 4.73. The minimum atomic E-state index is -0.144. The van der Waals surface area contributed by atoms with Crippen LogP contribution in [0.5, 0.6) is 0 Å². The average molecular weight is 361 g/mol. The van der Waals surface area contributed by atoms with Gasteiger partial charge in [-0.05, 0) is 37.6 Å². The molecule has 1 saturated heterocycles. The highest BCUT2D eigenvalue weighted by molar-refractivity contribution is 7.97. The average Bonchev–Trinajstić information content (AvgIpc) is 3.08. The first-order chi connectivity index (χ1) is 12.2. The van der Waals surface area contributed by atoms with Crippen molar-refractivity contribution >= 4 is 23.4 Å². The second-order valence-corrected chi connectivity index (χ2v) is 6.92. The molecule has 1 N–H and O–H groups in total. The molecule has 0 unspecified atom stereocenters. The topological polar surface area (TPSA) is 74.5 Å². The van der Waals surface area contributed by atoms with Crippen LogP contribution in [0.25, 0.3) is 0 Å². The number of anilines is 1. The van der Waals surface area contributed by atoms with Crippen LogP contribution < -0.4 is 10.2 Å². The summed E-state index contributed by atoms with van der Waals surface area (Å²) in [5.74, 6) is 1.62. The number of amides is 1. The zero-order valence-electron chi connectivity index (χ0n) is 14.6. The molecule has 1 aromatic heterocycles. The van der Waals surface area contributed by atoms with Crippen molar-refractivity contribution in [1.82, 2.24) is 20.4 Å². The number of thioether (sulfide) groups is 1. The Morgan fingerprint density at radius 2 is 1.96 bits per heavy atom. The minimum absolute atomic E-state index is 0.144. The van der Waals surface area contributed by atoms with Gasteiger partial charge in [0.05, 0.1) is 12.3 Å². The van der Waals surface area contributed by atoms with Crippen LogP contribution in [0.3, 0.4) is 0 Å². The Labute approximate surface area is 151 Å². The van der Waals surface area contributed by atoms with Crippen molar-refractivity contribution in [3.05, 3.63) is 41.5 Å². The Hall–Kier alpha value is -2.06. The fourth-order valence-electron chi connectivity index (χ4n) is 2.70. The fraction of sp³-hybridized carbons (Fsp3) is 0.471. The SMILES string of the molecule is CSCc1noc(CNC(=O)c2ccc(N3CCN(C)CC3)cc2)n1. The van der Waals surface area contributed by atoms with Crippen LogP contribution in [0.4, 0.5) is 5.69 Å².